The molecule has 1 amide bonds. The van der Waals surface area contributed by atoms with Gasteiger partial charge in [0.1, 0.15) is 18.6 Å². The first kappa shape index (κ1) is 26.7. The number of rotatable bonds is 6. The van der Waals surface area contributed by atoms with Crippen LogP contribution < -0.4 is 9.64 Å². The largest absolute Gasteiger partial charge is 0.461 e. The fraction of sp³-hybridized carbons (Fsp3) is 0.406. The van der Waals surface area contributed by atoms with Gasteiger partial charge in [-0.05, 0) is 50.1 Å². The van der Waals surface area contributed by atoms with Crippen LogP contribution in [0.5, 0.6) is 6.01 Å². The third-order valence-corrected chi connectivity index (χ3v) is 10.1. The molecule has 0 spiro atoms. The molecule has 0 saturated carbocycles. The molecule has 9 nitrogen and oxygen atoms in total. The minimum atomic E-state index is -0.844. The average Bonchev–Trinajstić information content (AvgIpc) is 3.64. The van der Waals surface area contributed by atoms with Gasteiger partial charge in [-0.1, -0.05) is 30.3 Å². The number of nitrogens with zero attached hydrogens (tertiary/aromatic N) is 7. The molecule has 0 radical (unpaired) electrons. The van der Waals surface area contributed by atoms with Crippen molar-refractivity contribution in [2.24, 2.45) is 0 Å². The van der Waals surface area contributed by atoms with Crippen LogP contribution in [0.15, 0.2) is 55.4 Å². The number of carbonyl (C=O) groups is 1. The summed E-state index contributed by atoms with van der Waals surface area (Å²) in [6.07, 6.45) is 7.33. The van der Waals surface area contributed by atoms with Crippen LogP contribution in [-0.2, 0) is 4.79 Å². The van der Waals surface area contributed by atoms with Crippen molar-refractivity contribution in [2.45, 2.75) is 49.5 Å². The summed E-state index contributed by atoms with van der Waals surface area (Å²) in [5.74, 6) is 0.693. The Labute approximate surface area is 253 Å². The second kappa shape index (κ2) is 10.1. The van der Waals surface area contributed by atoms with Crippen LogP contribution in [0.1, 0.15) is 25.7 Å². The molecule has 220 valence electrons. The zero-order valence-corrected chi connectivity index (χ0v) is 24.4. The number of alkyl halides is 1. The van der Waals surface area contributed by atoms with Crippen LogP contribution in [-0.4, -0.2) is 92.2 Å². The maximum absolute atomic E-state index is 14.4. The number of hydrogen-bond acceptors (Lipinski definition) is 8. The van der Waals surface area contributed by atoms with Crippen molar-refractivity contribution >= 4 is 45.1 Å². The molecule has 3 aromatic heterocycles. The number of anilines is 1. The third kappa shape index (κ3) is 4.25. The molecular weight excluding hydrogens is 569 g/mol. The van der Waals surface area contributed by atoms with Gasteiger partial charge in [0.15, 0.2) is 5.65 Å². The summed E-state index contributed by atoms with van der Waals surface area (Å²) >= 11 is 6.63. The van der Waals surface area contributed by atoms with E-state index in [4.69, 9.17) is 31.3 Å². The summed E-state index contributed by atoms with van der Waals surface area (Å²) in [4.78, 5) is 37.9. The maximum atomic E-state index is 14.4. The predicted molar refractivity (Wildman–Crippen MR) is 163 cm³/mol. The van der Waals surface area contributed by atoms with Crippen LogP contribution in [0.4, 0.5) is 10.2 Å². The van der Waals surface area contributed by atoms with Crippen molar-refractivity contribution in [3.8, 4) is 17.3 Å². The predicted octanol–water partition coefficient (Wildman–Crippen LogP) is 4.82. The molecule has 0 bridgehead atoms. The number of pyridine rings is 2. The molecule has 4 aromatic rings. The number of halogens is 2. The maximum Gasteiger partial charge on any atom is 0.320 e. The van der Waals surface area contributed by atoms with E-state index in [2.05, 4.69) is 21.4 Å². The molecule has 4 aliphatic rings. The van der Waals surface area contributed by atoms with Crippen LogP contribution in [0, 0.1) is 0 Å². The number of ether oxygens (including phenoxy) is 1. The number of amides is 1. The fourth-order valence-corrected chi connectivity index (χ4v) is 7.98. The Balaban J connectivity index is 1.19. The highest BCUT2D eigenvalue weighted by Gasteiger charge is 2.51. The lowest BCUT2D eigenvalue weighted by Gasteiger charge is -2.47. The van der Waals surface area contributed by atoms with Gasteiger partial charge in [0.25, 0.3) is 0 Å². The van der Waals surface area contributed by atoms with Gasteiger partial charge in [0, 0.05) is 59.8 Å². The Morgan fingerprint density at radius 1 is 1.14 bits per heavy atom. The molecule has 0 aliphatic carbocycles. The molecule has 4 aliphatic heterocycles. The zero-order chi connectivity index (χ0) is 29.3. The molecule has 11 heteroatoms. The van der Waals surface area contributed by atoms with Crippen molar-refractivity contribution in [3.63, 3.8) is 0 Å². The lowest BCUT2D eigenvalue weighted by molar-refractivity contribution is -0.127. The van der Waals surface area contributed by atoms with Crippen LogP contribution >= 0.6 is 11.6 Å². The number of benzene rings is 1. The van der Waals surface area contributed by atoms with Gasteiger partial charge < -0.3 is 14.5 Å². The van der Waals surface area contributed by atoms with E-state index in [-0.39, 0.29) is 29.5 Å². The fourth-order valence-electron chi connectivity index (χ4n) is 7.69. The second-order valence-electron chi connectivity index (χ2n) is 12.1. The van der Waals surface area contributed by atoms with Gasteiger partial charge in [0.05, 0.1) is 28.7 Å². The lowest BCUT2D eigenvalue weighted by atomic mass is 9.95. The van der Waals surface area contributed by atoms with E-state index in [0.29, 0.717) is 49.0 Å². The van der Waals surface area contributed by atoms with Crippen LogP contribution in [0.2, 0.25) is 5.02 Å². The number of carbonyl (C=O) groups excluding carboxylic acids is 1. The van der Waals surface area contributed by atoms with Crippen LogP contribution in [0.3, 0.4) is 0 Å². The topological polar surface area (TPSA) is 87.6 Å². The number of aromatic nitrogens is 4. The second-order valence-corrected chi connectivity index (χ2v) is 12.5. The Kier molecular flexibility index (Phi) is 6.27. The van der Waals surface area contributed by atoms with E-state index in [0.717, 1.165) is 53.3 Å². The standard InChI is InChI=1S/C32H31ClFN7O2/c1-2-27(42)40-12-9-25-26(40)17-41(25)30-21-7-8-24(22-15-35-14-19-5-3-6-23(33)28(19)22)36-29(21)37-31(38-30)43-18-32-10-4-11-39(32)16-20(34)13-32/h2-3,5-8,14-15,20,25-26H,1,4,9-13,16-18H2/t20-,25-,26-,32+/m1/s1. The van der Waals surface area contributed by atoms with Gasteiger partial charge in [0.2, 0.25) is 5.91 Å². The van der Waals surface area contributed by atoms with Gasteiger partial charge >= 0.3 is 6.01 Å². The Morgan fingerprint density at radius 3 is 2.93 bits per heavy atom. The third-order valence-electron chi connectivity index (χ3n) is 9.78. The van der Waals surface area contributed by atoms with Crippen molar-refractivity contribution < 1.29 is 13.9 Å². The molecule has 43 heavy (non-hydrogen) atoms. The highest BCUT2D eigenvalue weighted by molar-refractivity contribution is 6.36. The van der Waals surface area contributed by atoms with Crippen molar-refractivity contribution in [1.29, 1.82) is 0 Å². The van der Waals surface area contributed by atoms with E-state index in [1.807, 2.05) is 35.2 Å². The molecule has 4 atom stereocenters. The van der Waals surface area contributed by atoms with Crippen molar-refractivity contribution in [3.05, 3.63) is 60.4 Å². The Hall–Kier alpha value is -3.89. The molecule has 8 rings (SSSR count). The van der Waals surface area contributed by atoms with E-state index in [9.17, 15) is 9.18 Å². The average molecular weight is 600 g/mol. The Bertz CT molecular complexity index is 1780. The zero-order valence-electron chi connectivity index (χ0n) is 23.6. The smallest absolute Gasteiger partial charge is 0.320 e. The number of fused-ring (bicyclic) bond motifs is 4. The first-order valence-corrected chi connectivity index (χ1v) is 15.2. The molecule has 7 heterocycles. The number of hydrogen-bond donors (Lipinski definition) is 0. The highest BCUT2D eigenvalue weighted by atomic mass is 35.5. The van der Waals surface area contributed by atoms with E-state index in [1.165, 1.54) is 6.08 Å². The molecular formula is C32H31ClFN7O2. The minimum Gasteiger partial charge on any atom is -0.461 e. The first-order chi connectivity index (χ1) is 20.9. The number of likely N-dealkylation sites (tertiary alicyclic amines) is 1. The van der Waals surface area contributed by atoms with E-state index in [1.54, 1.807) is 12.4 Å². The summed E-state index contributed by atoms with van der Waals surface area (Å²) in [5, 5.41) is 3.23. The molecule has 1 aromatic carbocycles. The van der Waals surface area contributed by atoms with Crippen LogP contribution in [0.25, 0.3) is 33.1 Å². The first-order valence-electron chi connectivity index (χ1n) is 14.9. The Morgan fingerprint density at radius 2 is 2.05 bits per heavy atom. The van der Waals surface area contributed by atoms with E-state index < -0.39 is 6.17 Å². The summed E-state index contributed by atoms with van der Waals surface area (Å²) in [6.45, 7) is 6.67. The summed E-state index contributed by atoms with van der Waals surface area (Å²) < 4.78 is 20.8. The molecule has 0 unspecified atom stereocenters. The quantitative estimate of drug-likeness (QED) is 0.292. The normalized spacial score (nSPS) is 26.5. The highest BCUT2D eigenvalue weighted by Crippen LogP contribution is 2.42. The molecule has 4 fully saturated rings. The molecule has 0 N–H and O–H groups in total. The van der Waals surface area contributed by atoms with Crippen molar-refractivity contribution in [2.75, 3.05) is 37.7 Å². The summed E-state index contributed by atoms with van der Waals surface area (Å²) in [6, 6.07) is 10.2. The minimum absolute atomic E-state index is 0.0412. The lowest BCUT2D eigenvalue weighted by Crippen LogP contribution is -2.63. The summed E-state index contributed by atoms with van der Waals surface area (Å²) in [7, 11) is 0. The van der Waals surface area contributed by atoms with Gasteiger partial charge in [-0.2, -0.15) is 9.97 Å². The molecule has 4 saturated heterocycles. The van der Waals surface area contributed by atoms with E-state index >= 15 is 0 Å². The van der Waals surface area contributed by atoms with Gasteiger partial charge in [-0.15, -0.1) is 0 Å². The van der Waals surface area contributed by atoms with Gasteiger partial charge in [-0.3, -0.25) is 14.7 Å². The van der Waals surface area contributed by atoms with Gasteiger partial charge in [-0.25, -0.2) is 9.37 Å². The summed E-state index contributed by atoms with van der Waals surface area (Å²) in [5.41, 5.74) is 1.68. The van der Waals surface area contributed by atoms with Crippen molar-refractivity contribution in [1.82, 2.24) is 29.7 Å². The SMILES string of the molecule is C=CC(=O)N1CC[C@@H]2[C@H]1CN2c1nc(OC[C@@]23CCCN2C[C@H](F)C3)nc2nc(-c3cncc4cccc(Cl)c34)ccc12. The monoisotopic (exact) mass is 599 g/mol.